The van der Waals surface area contributed by atoms with E-state index >= 15 is 0 Å². The van der Waals surface area contributed by atoms with Gasteiger partial charge in [-0.25, -0.2) is 4.63 Å². The SMILES string of the molecule is COc1cc(=O)n2c(c1C(=O)NCc1nonc1C)CCN(Cc1cccs1)CC2. The van der Waals surface area contributed by atoms with Crippen molar-refractivity contribution < 1.29 is 14.2 Å². The summed E-state index contributed by atoms with van der Waals surface area (Å²) in [6.45, 7) is 4.78. The molecule has 0 aliphatic carbocycles. The number of amides is 1. The summed E-state index contributed by atoms with van der Waals surface area (Å²) in [5.74, 6) is -0.0323. The number of rotatable bonds is 6. The predicted octanol–water partition coefficient (Wildman–Crippen LogP) is 1.60. The van der Waals surface area contributed by atoms with Gasteiger partial charge in [0.15, 0.2) is 0 Å². The summed E-state index contributed by atoms with van der Waals surface area (Å²) < 4.78 is 11.8. The van der Waals surface area contributed by atoms with Crippen LogP contribution in [-0.2, 0) is 26.1 Å². The van der Waals surface area contributed by atoms with Gasteiger partial charge >= 0.3 is 0 Å². The third-order valence-electron chi connectivity index (χ3n) is 5.26. The molecular formula is C20H23N5O4S. The van der Waals surface area contributed by atoms with Crippen LogP contribution < -0.4 is 15.6 Å². The number of hydrogen-bond acceptors (Lipinski definition) is 8. The highest BCUT2D eigenvalue weighted by Gasteiger charge is 2.25. The lowest BCUT2D eigenvalue weighted by atomic mass is 10.1. The van der Waals surface area contributed by atoms with E-state index in [1.807, 2.05) is 6.07 Å². The monoisotopic (exact) mass is 429 g/mol. The zero-order chi connectivity index (χ0) is 21.1. The van der Waals surface area contributed by atoms with E-state index in [9.17, 15) is 9.59 Å². The summed E-state index contributed by atoms with van der Waals surface area (Å²) in [4.78, 5) is 29.3. The number of carbonyl (C=O) groups excluding carboxylic acids is 1. The summed E-state index contributed by atoms with van der Waals surface area (Å²) in [7, 11) is 1.47. The maximum atomic E-state index is 13.1. The number of ether oxygens (including phenoxy) is 1. The highest BCUT2D eigenvalue weighted by molar-refractivity contribution is 7.09. The third-order valence-corrected chi connectivity index (χ3v) is 6.12. The second kappa shape index (κ2) is 8.80. The fourth-order valence-electron chi connectivity index (χ4n) is 3.64. The lowest BCUT2D eigenvalue weighted by molar-refractivity contribution is 0.0944. The Balaban J connectivity index is 1.59. The summed E-state index contributed by atoms with van der Waals surface area (Å²) in [5.41, 5.74) is 2.11. The van der Waals surface area contributed by atoms with Crippen LogP contribution in [0.4, 0.5) is 0 Å². The molecule has 3 aromatic rings. The van der Waals surface area contributed by atoms with E-state index in [1.165, 1.54) is 18.1 Å². The first-order chi connectivity index (χ1) is 14.6. The number of methoxy groups -OCH3 is 1. The normalized spacial score (nSPS) is 14.2. The predicted molar refractivity (Wildman–Crippen MR) is 111 cm³/mol. The second-order valence-electron chi connectivity index (χ2n) is 7.11. The molecule has 0 fully saturated rings. The van der Waals surface area contributed by atoms with E-state index < -0.39 is 0 Å². The molecule has 10 heteroatoms. The minimum atomic E-state index is -0.315. The number of nitrogens with one attached hydrogen (secondary N) is 1. The third kappa shape index (κ3) is 4.14. The number of fused-ring (bicyclic) bond motifs is 1. The molecule has 0 radical (unpaired) electrons. The summed E-state index contributed by atoms with van der Waals surface area (Å²) in [6.07, 6.45) is 0.575. The number of pyridine rings is 1. The van der Waals surface area contributed by atoms with Crippen molar-refractivity contribution in [3.05, 3.63) is 61.5 Å². The van der Waals surface area contributed by atoms with Gasteiger partial charge in [0.25, 0.3) is 11.5 Å². The molecule has 3 aromatic heterocycles. The van der Waals surface area contributed by atoms with Crippen molar-refractivity contribution in [2.24, 2.45) is 0 Å². The largest absolute Gasteiger partial charge is 0.496 e. The molecule has 0 aromatic carbocycles. The number of aromatic nitrogens is 3. The average Bonchev–Trinajstić information content (AvgIpc) is 3.34. The first-order valence-electron chi connectivity index (χ1n) is 9.68. The van der Waals surface area contributed by atoms with E-state index in [0.717, 1.165) is 19.6 Å². The maximum absolute atomic E-state index is 13.1. The Morgan fingerprint density at radius 1 is 1.33 bits per heavy atom. The van der Waals surface area contributed by atoms with Crippen LogP contribution in [0.3, 0.4) is 0 Å². The minimum absolute atomic E-state index is 0.159. The fraction of sp³-hybridized carbons (Fsp3) is 0.400. The minimum Gasteiger partial charge on any atom is -0.496 e. The molecule has 9 nitrogen and oxygen atoms in total. The molecule has 0 atom stereocenters. The van der Waals surface area contributed by atoms with Gasteiger partial charge in [0, 0.05) is 49.2 Å². The van der Waals surface area contributed by atoms with Crippen molar-refractivity contribution in [3.8, 4) is 5.75 Å². The van der Waals surface area contributed by atoms with Crippen molar-refractivity contribution in [1.29, 1.82) is 0 Å². The van der Waals surface area contributed by atoms with Crippen molar-refractivity contribution in [2.75, 3.05) is 20.2 Å². The zero-order valence-corrected chi connectivity index (χ0v) is 17.7. The van der Waals surface area contributed by atoms with E-state index in [0.29, 0.717) is 35.6 Å². The van der Waals surface area contributed by atoms with Gasteiger partial charge in [0.05, 0.1) is 13.7 Å². The van der Waals surface area contributed by atoms with Gasteiger partial charge in [-0.2, -0.15) is 0 Å². The molecule has 0 unspecified atom stereocenters. The van der Waals surface area contributed by atoms with Gasteiger partial charge < -0.3 is 14.6 Å². The number of nitrogens with zero attached hydrogens (tertiary/aromatic N) is 4. The van der Waals surface area contributed by atoms with Gasteiger partial charge in [0.2, 0.25) is 0 Å². The van der Waals surface area contributed by atoms with Crippen LogP contribution in [0.2, 0.25) is 0 Å². The quantitative estimate of drug-likeness (QED) is 0.635. The van der Waals surface area contributed by atoms with Gasteiger partial charge in [-0.15, -0.1) is 11.3 Å². The fourth-order valence-corrected chi connectivity index (χ4v) is 4.39. The van der Waals surface area contributed by atoms with Gasteiger partial charge in [0.1, 0.15) is 22.7 Å². The summed E-state index contributed by atoms with van der Waals surface area (Å²) in [5, 5.41) is 12.4. The molecular weight excluding hydrogens is 406 g/mol. The van der Waals surface area contributed by atoms with Crippen LogP contribution in [0.15, 0.2) is 33.0 Å². The summed E-state index contributed by atoms with van der Waals surface area (Å²) >= 11 is 1.72. The molecule has 1 aliphatic rings. The molecule has 1 N–H and O–H groups in total. The maximum Gasteiger partial charge on any atom is 0.257 e. The molecule has 30 heavy (non-hydrogen) atoms. The van der Waals surface area contributed by atoms with Crippen LogP contribution in [0.5, 0.6) is 5.75 Å². The van der Waals surface area contributed by atoms with E-state index in [2.05, 4.69) is 36.6 Å². The number of thiophene rings is 1. The topological polar surface area (TPSA) is 102 Å². The van der Waals surface area contributed by atoms with Crippen LogP contribution in [-0.4, -0.2) is 45.9 Å². The van der Waals surface area contributed by atoms with Crippen molar-refractivity contribution in [2.45, 2.75) is 33.0 Å². The van der Waals surface area contributed by atoms with Crippen molar-refractivity contribution in [1.82, 2.24) is 25.1 Å². The molecule has 158 valence electrons. The number of carbonyl (C=O) groups is 1. The Hall–Kier alpha value is -2.98. The van der Waals surface area contributed by atoms with Crippen molar-refractivity contribution >= 4 is 17.2 Å². The molecule has 4 heterocycles. The molecule has 0 spiro atoms. The molecule has 0 saturated heterocycles. The molecule has 1 aliphatic heterocycles. The van der Waals surface area contributed by atoms with Gasteiger partial charge in [-0.3, -0.25) is 14.5 Å². The second-order valence-corrected chi connectivity index (χ2v) is 8.14. The average molecular weight is 430 g/mol. The van der Waals surface area contributed by atoms with Crippen LogP contribution in [0.25, 0.3) is 0 Å². The van der Waals surface area contributed by atoms with Gasteiger partial charge in [-0.05, 0) is 18.4 Å². The molecule has 0 bridgehead atoms. The lowest BCUT2D eigenvalue weighted by Gasteiger charge is -2.18. The van der Waals surface area contributed by atoms with Crippen LogP contribution in [0.1, 0.15) is 32.3 Å². The van der Waals surface area contributed by atoms with Gasteiger partial charge in [-0.1, -0.05) is 16.4 Å². The Morgan fingerprint density at radius 3 is 2.90 bits per heavy atom. The Labute approximate surface area is 177 Å². The molecule has 1 amide bonds. The Morgan fingerprint density at radius 2 is 2.20 bits per heavy atom. The first-order valence-corrected chi connectivity index (χ1v) is 10.6. The standard InChI is InChI=1S/C20H23N5O4S/c1-13-15(23-29-22-13)11-21-20(27)19-16-5-6-24(12-14-4-3-9-30-14)7-8-25(16)18(26)10-17(19)28-2/h3-4,9-10H,5-8,11-12H2,1-2H3,(H,21,27). The summed E-state index contributed by atoms with van der Waals surface area (Å²) in [6, 6.07) is 5.53. The zero-order valence-electron chi connectivity index (χ0n) is 16.9. The Bertz CT molecular complexity index is 1090. The van der Waals surface area contributed by atoms with E-state index in [4.69, 9.17) is 4.74 Å². The van der Waals surface area contributed by atoms with Crippen LogP contribution in [0, 0.1) is 6.92 Å². The number of aryl methyl sites for hydroxylation is 1. The van der Waals surface area contributed by atoms with E-state index in [1.54, 1.807) is 22.8 Å². The number of hydrogen-bond donors (Lipinski definition) is 1. The Kier molecular flexibility index (Phi) is 5.96. The highest BCUT2D eigenvalue weighted by Crippen LogP contribution is 2.23. The first kappa shape index (κ1) is 20.3. The van der Waals surface area contributed by atoms with Crippen LogP contribution >= 0.6 is 11.3 Å². The highest BCUT2D eigenvalue weighted by atomic mass is 32.1. The van der Waals surface area contributed by atoms with E-state index in [-0.39, 0.29) is 23.8 Å². The smallest absolute Gasteiger partial charge is 0.257 e. The lowest BCUT2D eigenvalue weighted by Crippen LogP contribution is -2.31. The van der Waals surface area contributed by atoms with Crippen molar-refractivity contribution in [3.63, 3.8) is 0 Å². The molecule has 0 saturated carbocycles. The molecule has 4 rings (SSSR count).